The summed E-state index contributed by atoms with van der Waals surface area (Å²) in [7, 11) is -2.87. The van der Waals surface area contributed by atoms with E-state index in [2.05, 4.69) is 20.8 Å². The molecule has 1 atom stereocenters. The second-order valence-electron chi connectivity index (χ2n) is 5.75. The zero-order valence-electron chi connectivity index (χ0n) is 11.1. The SMILES string of the molecule is CC(C)S(=O)(=O)CCCCC(Cl)C(C)(C)C. The predicted octanol–water partition coefficient (Wildman–Crippen LogP) is 3.63. The van der Waals surface area contributed by atoms with E-state index >= 15 is 0 Å². The molecular formula is C12H25ClO2S. The minimum atomic E-state index is -2.87. The third kappa shape index (κ3) is 6.09. The average molecular weight is 269 g/mol. The van der Waals surface area contributed by atoms with E-state index in [-0.39, 0.29) is 16.0 Å². The van der Waals surface area contributed by atoms with Crippen molar-refractivity contribution in [1.29, 1.82) is 0 Å². The summed E-state index contributed by atoms with van der Waals surface area (Å²) in [5, 5.41) is -0.142. The van der Waals surface area contributed by atoms with Crippen molar-refractivity contribution in [2.75, 3.05) is 5.75 Å². The largest absolute Gasteiger partial charge is 0.229 e. The number of hydrogen-bond donors (Lipinski definition) is 0. The van der Waals surface area contributed by atoms with Gasteiger partial charge in [0.2, 0.25) is 0 Å². The average Bonchev–Trinajstić information content (AvgIpc) is 2.10. The van der Waals surface area contributed by atoms with Gasteiger partial charge in [-0.05, 0) is 32.1 Å². The first-order chi connectivity index (χ1) is 7.07. The third-order valence-electron chi connectivity index (χ3n) is 2.79. The highest BCUT2D eigenvalue weighted by Crippen LogP contribution is 2.28. The maximum Gasteiger partial charge on any atom is 0.152 e. The highest BCUT2D eigenvalue weighted by atomic mass is 35.5. The molecule has 0 bridgehead atoms. The summed E-state index contributed by atoms with van der Waals surface area (Å²) in [6.07, 6.45) is 2.50. The van der Waals surface area contributed by atoms with Gasteiger partial charge in [-0.3, -0.25) is 0 Å². The minimum Gasteiger partial charge on any atom is -0.229 e. The van der Waals surface area contributed by atoms with Gasteiger partial charge >= 0.3 is 0 Å². The summed E-state index contributed by atoms with van der Waals surface area (Å²) in [5.41, 5.74) is 0.0957. The van der Waals surface area contributed by atoms with Crippen LogP contribution < -0.4 is 0 Å². The Hall–Kier alpha value is 0.240. The van der Waals surface area contributed by atoms with Crippen molar-refractivity contribution in [2.45, 2.75) is 64.5 Å². The van der Waals surface area contributed by atoms with Gasteiger partial charge in [-0.25, -0.2) is 8.42 Å². The molecule has 0 aliphatic heterocycles. The van der Waals surface area contributed by atoms with E-state index in [0.29, 0.717) is 5.75 Å². The molecule has 0 amide bonds. The summed E-state index contributed by atoms with van der Waals surface area (Å²) < 4.78 is 23.1. The van der Waals surface area contributed by atoms with E-state index in [4.69, 9.17) is 11.6 Å². The number of hydrogen-bond acceptors (Lipinski definition) is 2. The van der Waals surface area contributed by atoms with E-state index in [1.807, 2.05) is 0 Å². The second kappa shape index (κ2) is 6.25. The van der Waals surface area contributed by atoms with E-state index < -0.39 is 9.84 Å². The number of alkyl halides is 1. The fourth-order valence-corrected chi connectivity index (χ4v) is 2.53. The van der Waals surface area contributed by atoms with Gasteiger partial charge in [0, 0.05) is 5.38 Å². The Kier molecular flexibility index (Phi) is 6.34. The normalized spacial score (nSPS) is 15.4. The first-order valence-corrected chi connectivity index (χ1v) is 8.08. The molecule has 0 N–H and O–H groups in total. The first kappa shape index (κ1) is 16.2. The van der Waals surface area contributed by atoms with Crippen molar-refractivity contribution < 1.29 is 8.42 Å². The Morgan fingerprint density at radius 2 is 1.62 bits per heavy atom. The molecule has 16 heavy (non-hydrogen) atoms. The van der Waals surface area contributed by atoms with E-state index in [1.165, 1.54) is 0 Å². The lowest BCUT2D eigenvalue weighted by Gasteiger charge is -2.24. The fraction of sp³-hybridized carbons (Fsp3) is 1.00. The molecule has 2 nitrogen and oxygen atoms in total. The molecule has 1 unspecified atom stereocenters. The summed E-state index contributed by atoms with van der Waals surface area (Å²) >= 11 is 6.22. The molecular weight excluding hydrogens is 244 g/mol. The Labute approximate surface area is 106 Å². The Morgan fingerprint density at radius 3 is 2.00 bits per heavy atom. The number of sulfone groups is 1. The van der Waals surface area contributed by atoms with E-state index in [1.54, 1.807) is 13.8 Å². The fourth-order valence-electron chi connectivity index (χ4n) is 1.30. The van der Waals surface area contributed by atoms with Crippen LogP contribution in [0.15, 0.2) is 0 Å². The van der Waals surface area contributed by atoms with Gasteiger partial charge in [-0.1, -0.05) is 27.2 Å². The van der Waals surface area contributed by atoms with Crippen LogP contribution in [0.3, 0.4) is 0 Å². The molecule has 0 radical (unpaired) electrons. The molecule has 0 rings (SSSR count). The predicted molar refractivity (Wildman–Crippen MR) is 71.9 cm³/mol. The van der Waals surface area contributed by atoms with Crippen LogP contribution in [-0.4, -0.2) is 24.8 Å². The van der Waals surface area contributed by atoms with Gasteiger partial charge in [0.15, 0.2) is 9.84 Å². The van der Waals surface area contributed by atoms with Crippen LogP contribution in [0, 0.1) is 5.41 Å². The number of rotatable bonds is 6. The van der Waals surface area contributed by atoms with Gasteiger partial charge < -0.3 is 0 Å². The maximum absolute atomic E-state index is 11.5. The van der Waals surface area contributed by atoms with Crippen molar-refractivity contribution >= 4 is 21.4 Å². The van der Waals surface area contributed by atoms with Crippen LogP contribution in [0.1, 0.15) is 53.9 Å². The van der Waals surface area contributed by atoms with Gasteiger partial charge in [-0.15, -0.1) is 11.6 Å². The molecule has 4 heteroatoms. The lowest BCUT2D eigenvalue weighted by molar-refractivity contribution is 0.368. The summed E-state index contributed by atoms with van der Waals surface area (Å²) in [5.74, 6) is 0.290. The maximum atomic E-state index is 11.5. The molecule has 0 aliphatic rings. The summed E-state index contributed by atoms with van der Waals surface area (Å²) in [6.45, 7) is 9.78. The molecule has 0 aromatic rings. The molecule has 0 aliphatic carbocycles. The monoisotopic (exact) mass is 268 g/mol. The van der Waals surface area contributed by atoms with Crippen LogP contribution >= 0.6 is 11.6 Å². The van der Waals surface area contributed by atoms with Gasteiger partial charge in [-0.2, -0.15) is 0 Å². The number of halogens is 1. The zero-order valence-corrected chi connectivity index (χ0v) is 12.7. The number of unbranched alkanes of at least 4 members (excludes halogenated alkanes) is 1. The van der Waals surface area contributed by atoms with Crippen molar-refractivity contribution in [3.05, 3.63) is 0 Å². The van der Waals surface area contributed by atoms with E-state index in [9.17, 15) is 8.42 Å². The molecule has 0 aromatic heterocycles. The van der Waals surface area contributed by atoms with Crippen molar-refractivity contribution in [3.63, 3.8) is 0 Å². The molecule has 0 aromatic carbocycles. The first-order valence-electron chi connectivity index (χ1n) is 5.93. The van der Waals surface area contributed by atoms with Crippen molar-refractivity contribution in [2.24, 2.45) is 5.41 Å². The zero-order chi connectivity index (χ0) is 13.0. The molecule has 0 heterocycles. The molecule has 0 saturated carbocycles. The summed E-state index contributed by atoms with van der Waals surface area (Å²) in [4.78, 5) is 0. The molecule has 0 fully saturated rings. The Balaban J connectivity index is 3.87. The lowest BCUT2D eigenvalue weighted by Crippen LogP contribution is -2.21. The molecule has 0 saturated heterocycles. The van der Waals surface area contributed by atoms with Gasteiger partial charge in [0.25, 0.3) is 0 Å². The van der Waals surface area contributed by atoms with Crippen LogP contribution in [0.2, 0.25) is 0 Å². The van der Waals surface area contributed by atoms with Crippen LogP contribution in [0.4, 0.5) is 0 Å². The molecule has 0 spiro atoms. The highest BCUT2D eigenvalue weighted by molar-refractivity contribution is 7.91. The van der Waals surface area contributed by atoms with Crippen molar-refractivity contribution in [3.8, 4) is 0 Å². The molecule has 98 valence electrons. The summed E-state index contributed by atoms with van der Waals surface area (Å²) in [6, 6.07) is 0. The van der Waals surface area contributed by atoms with Gasteiger partial charge in [0.05, 0.1) is 11.0 Å². The topological polar surface area (TPSA) is 34.1 Å². The van der Waals surface area contributed by atoms with Crippen molar-refractivity contribution in [1.82, 2.24) is 0 Å². The van der Waals surface area contributed by atoms with Crippen LogP contribution in [-0.2, 0) is 9.84 Å². The smallest absolute Gasteiger partial charge is 0.152 e. The lowest BCUT2D eigenvalue weighted by atomic mass is 9.89. The van der Waals surface area contributed by atoms with Crippen LogP contribution in [0.5, 0.6) is 0 Å². The second-order valence-corrected chi connectivity index (χ2v) is 8.95. The quantitative estimate of drug-likeness (QED) is 0.545. The Bertz CT molecular complexity index is 289. The Morgan fingerprint density at radius 1 is 1.12 bits per heavy atom. The highest BCUT2D eigenvalue weighted by Gasteiger charge is 2.22. The standard InChI is InChI=1S/C12H25ClO2S/c1-10(2)16(14,15)9-7-6-8-11(13)12(3,4)5/h10-11H,6-9H2,1-5H3. The van der Waals surface area contributed by atoms with Crippen LogP contribution in [0.25, 0.3) is 0 Å². The minimum absolute atomic E-state index is 0.0957. The third-order valence-corrected chi connectivity index (χ3v) is 5.96. The van der Waals surface area contributed by atoms with Gasteiger partial charge in [0.1, 0.15) is 0 Å². The van der Waals surface area contributed by atoms with E-state index in [0.717, 1.165) is 19.3 Å².